The number of nitrogens with zero attached hydrogens (tertiary/aromatic N) is 1. The summed E-state index contributed by atoms with van der Waals surface area (Å²) in [6.07, 6.45) is 10.6. The molecule has 0 aromatic rings. The van der Waals surface area contributed by atoms with E-state index in [2.05, 4.69) is 17.6 Å². The lowest BCUT2D eigenvalue weighted by atomic mass is 9.54. The van der Waals surface area contributed by atoms with Gasteiger partial charge < -0.3 is 24.8 Å². The monoisotopic (exact) mass is 379 g/mol. The molecule has 4 rings (SSSR count). The van der Waals surface area contributed by atoms with Gasteiger partial charge in [0.15, 0.2) is 5.96 Å². The molecule has 154 valence electrons. The van der Waals surface area contributed by atoms with Crippen molar-refractivity contribution in [2.75, 3.05) is 39.5 Å². The van der Waals surface area contributed by atoms with Crippen molar-refractivity contribution >= 4 is 5.96 Å². The summed E-state index contributed by atoms with van der Waals surface area (Å²) in [5.74, 6) is 1.64. The lowest BCUT2D eigenvalue weighted by Gasteiger charge is -2.57. The third kappa shape index (κ3) is 4.13. The number of aliphatic imine (C=N–C) groups is 1. The average molecular weight is 380 g/mol. The van der Waals surface area contributed by atoms with Gasteiger partial charge in [-0.2, -0.15) is 0 Å². The second-order valence-electron chi connectivity index (χ2n) is 8.63. The van der Waals surface area contributed by atoms with E-state index in [9.17, 15) is 0 Å². The van der Waals surface area contributed by atoms with E-state index in [-0.39, 0.29) is 0 Å². The molecule has 0 aromatic heterocycles. The molecule has 2 heterocycles. The number of nitrogens with one attached hydrogen (secondary N) is 2. The lowest BCUT2D eigenvalue weighted by Crippen LogP contribution is -2.69. The fourth-order valence-electron chi connectivity index (χ4n) is 5.72. The van der Waals surface area contributed by atoms with Crippen LogP contribution in [0.25, 0.3) is 0 Å². The normalized spacial score (nSPS) is 34.6. The van der Waals surface area contributed by atoms with E-state index in [1.807, 2.05) is 0 Å². The zero-order valence-corrected chi connectivity index (χ0v) is 16.9. The first-order valence-corrected chi connectivity index (χ1v) is 11.2. The molecular weight excluding hydrogens is 342 g/mol. The summed E-state index contributed by atoms with van der Waals surface area (Å²) in [5, 5.41) is 7.23. The van der Waals surface area contributed by atoms with Crippen LogP contribution in [0.2, 0.25) is 0 Å². The number of ether oxygens (including phenoxy) is 3. The number of hydrogen-bond donors (Lipinski definition) is 2. The molecule has 4 fully saturated rings. The molecular formula is C21H37N3O3. The third-order valence-electron chi connectivity index (χ3n) is 6.97. The van der Waals surface area contributed by atoms with Gasteiger partial charge in [-0.05, 0) is 45.4 Å². The Balaban J connectivity index is 1.24. The summed E-state index contributed by atoms with van der Waals surface area (Å²) >= 11 is 0. The first kappa shape index (κ1) is 19.5. The molecule has 27 heavy (non-hydrogen) atoms. The Bertz CT molecular complexity index is 501. The molecule has 4 unspecified atom stereocenters. The summed E-state index contributed by atoms with van der Waals surface area (Å²) < 4.78 is 17.4. The van der Waals surface area contributed by atoms with E-state index in [1.165, 1.54) is 38.5 Å². The minimum Gasteiger partial charge on any atom is -0.379 e. The van der Waals surface area contributed by atoms with Gasteiger partial charge in [0.25, 0.3) is 0 Å². The minimum absolute atomic E-state index is 0.315. The SMILES string of the molecule is CCNC(=NCCCOCC1CCCO1)NC1C2CCOC2C12CCCC2. The Labute approximate surface area is 163 Å². The van der Waals surface area contributed by atoms with E-state index in [0.717, 1.165) is 58.3 Å². The Morgan fingerprint density at radius 2 is 2.04 bits per heavy atom. The fraction of sp³-hybridized carbons (Fsp3) is 0.952. The fourth-order valence-corrected chi connectivity index (χ4v) is 5.72. The van der Waals surface area contributed by atoms with Crippen molar-refractivity contribution in [2.45, 2.75) is 76.5 Å². The largest absolute Gasteiger partial charge is 0.379 e. The molecule has 0 bridgehead atoms. The predicted molar refractivity (Wildman–Crippen MR) is 106 cm³/mol. The number of fused-ring (bicyclic) bond motifs is 2. The van der Waals surface area contributed by atoms with Crippen molar-refractivity contribution in [3.8, 4) is 0 Å². The van der Waals surface area contributed by atoms with Crippen LogP contribution < -0.4 is 10.6 Å². The van der Waals surface area contributed by atoms with Crippen LogP contribution in [-0.4, -0.2) is 63.7 Å². The average Bonchev–Trinajstić information content (AvgIpc) is 3.42. The minimum atomic E-state index is 0.315. The van der Waals surface area contributed by atoms with E-state index >= 15 is 0 Å². The molecule has 1 spiro atoms. The maximum Gasteiger partial charge on any atom is 0.191 e. The Morgan fingerprint density at radius 3 is 2.81 bits per heavy atom. The van der Waals surface area contributed by atoms with Crippen LogP contribution in [0.15, 0.2) is 4.99 Å². The molecule has 6 heteroatoms. The Hall–Kier alpha value is -0.850. The molecule has 2 saturated heterocycles. The predicted octanol–water partition coefficient (Wildman–Crippen LogP) is 2.47. The second-order valence-corrected chi connectivity index (χ2v) is 8.63. The van der Waals surface area contributed by atoms with Gasteiger partial charge in [-0.3, -0.25) is 4.99 Å². The van der Waals surface area contributed by atoms with Gasteiger partial charge >= 0.3 is 0 Å². The van der Waals surface area contributed by atoms with Crippen LogP contribution in [0.5, 0.6) is 0 Å². The molecule has 2 N–H and O–H groups in total. The van der Waals surface area contributed by atoms with Crippen LogP contribution >= 0.6 is 0 Å². The zero-order chi connectivity index (χ0) is 18.5. The van der Waals surface area contributed by atoms with Crippen molar-refractivity contribution in [2.24, 2.45) is 16.3 Å². The topological polar surface area (TPSA) is 64.1 Å². The number of rotatable bonds is 8. The van der Waals surface area contributed by atoms with Gasteiger partial charge in [0, 0.05) is 50.3 Å². The van der Waals surface area contributed by atoms with Gasteiger partial charge in [-0.25, -0.2) is 0 Å². The van der Waals surface area contributed by atoms with Gasteiger partial charge in [0.05, 0.1) is 18.8 Å². The highest BCUT2D eigenvalue weighted by Crippen LogP contribution is 2.60. The quantitative estimate of drug-likeness (QED) is 0.385. The molecule has 2 aliphatic carbocycles. The van der Waals surface area contributed by atoms with Crippen molar-refractivity contribution < 1.29 is 14.2 Å². The summed E-state index contributed by atoms with van der Waals surface area (Å²) in [4.78, 5) is 4.82. The summed E-state index contributed by atoms with van der Waals surface area (Å²) in [6.45, 7) is 7.15. The van der Waals surface area contributed by atoms with Crippen molar-refractivity contribution in [1.29, 1.82) is 0 Å². The maximum atomic E-state index is 6.10. The van der Waals surface area contributed by atoms with E-state index in [1.54, 1.807) is 0 Å². The molecule has 6 nitrogen and oxygen atoms in total. The Kier molecular flexibility index (Phi) is 6.56. The standard InChI is InChI=1S/C21H37N3O3/c1-2-22-20(23-11-6-12-25-15-16-7-5-13-26-16)24-18-17-8-14-27-19(17)21(18)9-3-4-10-21/h16-19H,2-15H2,1H3,(H2,22,23,24). The number of guanidine groups is 1. The van der Waals surface area contributed by atoms with Gasteiger partial charge in [-0.1, -0.05) is 12.8 Å². The molecule has 4 aliphatic rings. The third-order valence-corrected chi connectivity index (χ3v) is 6.97. The summed E-state index contributed by atoms with van der Waals surface area (Å²) in [6, 6.07) is 0.529. The molecule has 2 aliphatic heterocycles. The first-order valence-electron chi connectivity index (χ1n) is 11.2. The van der Waals surface area contributed by atoms with Crippen molar-refractivity contribution in [3.05, 3.63) is 0 Å². The van der Waals surface area contributed by atoms with Gasteiger partial charge in [0.2, 0.25) is 0 Å². The van der Waals surface area contributed by atoms with Crippen molar-refractivity contribution in [1.82, 2.24) is 10.6 Å². The van der Waals surface area contributed by atoms with Gasteiger partial charge in [-0.15, -0.1) is 0 Å². The van der Waals surface area contributed by atoms with Crippen LogP contribution in [0.1, 0.15) is 58.3 Å². The van der Waals surface area contributed by atoms with E-state index in [4.69, 9.17) is 19.2 Å². The zero-order valence-electron chi connectivity index (χ0n) is 16.9. The first-order chi connectivity index (χ1) is 13.3. The van der Waals surface area contributed by atoms with Crippen molar-refractivity contribution in [3.63, 3.8) is 0 Å². The molecule has 2 saturated carbocycles. The summed E-state index contributed by atoms with van der Waals surface area (Å²) in [5.41, 5.74) is 0.363. The highest BCUT2D eigenvalue weighted by atomic mass is 16.5. The highest BCUT2D eigenvalue weighted by molar-refractivity contribution is 5.80. The van der Waals surface area contributed by atoms with Crippen LogP contribution in [0.4, 0.5) is 0 Å². The highest BCUT2D eigenvalue weighted by Gasteiger charge is 2.65. The summed E-state index contributed by atoms with van der Waals surface area (Å²) in [7, 11) is 0. The molecule has 0 aromatic carbocycles. The van der Waals surface area contributed by atoms with E-state index in [0.29, 0.717) is 29.6 Å². The lowest BCUT2D eigenvalue weighted by molar-refractivity contribution is -0.125. The Morgan fingerprint density at radius 1 is 1.15 bits per heavy atom. The molecule has 0 amide bonds. The second kappa shape index (κ2) is 9.10. The van der Waals surface area contributed by atoms with Gasteiger partial charge in [0.1, 0.15) is 0 Å². The molecule has 0 radical (unpaired) electrons. The van der Waals surface area contributed by atoms with Crippen LogP contribution in [-0.2, 0) is 14.2 Å². The number of hydrogen-bond acceptors (Lipinski definition) is 4. The van der Waals surface area contributed by atoms with Crippen LogP contribution in [0, 0.1) is 11.3 Å². The van der Waals surface area contributed by atoms with Crippen LogP contribution in [0.3, 0.4) is 0 Å². The molecule has 4 atom stereocenters. The van der Waals surface area contributed by atoms with E-state index < -0.39 is 0 Å². The maximum absolute atomic E-state index is 6.10. The smallest absolute Gasteiger partial charge is 0.191 e.